The molecule has 9 nitrogen and oxygen atoms in total. The number of nitrogens with two attached hydrogens (primary N) is 1. The van der Waals surface area contributed by atoms with E-state index in [-0.39, 0.29) is 28.9 Å². The van der Waals surface area contributed by atoms with Crippen LogP contribution in [-0.2, 0) is 20.7 Å². The molecule has 1 aliphatic heterocycles. The first-order chi connectivity index (χ1) is 15.0. The van der Waals surface area contributed by atoms with E-state index in [0.717, 1.165) is 24.5 Å². The van der Waals surface area contributed by atoms with Crippen LogP contribution in [0.15, 0.2) is 42.5 Å². The lowest BCUT2D eigenvalue weighted by molar-refractivity contribution is -0.131. The Labute approximate surface area is 199 Å². The van der Waals surface area contributed by atoms with Crippen molar-refractivity contribution in [3.8, 4) is 0 Å². The highest BCUT2D eigenvalue weighted by atomic mass is 79.9. The fourth-order valence-corrected chi connectivity index (χ4v) is 3.27. The van der Waals surface area contributed by atoms with Crippen LogP contribution in [0.1, 0.15) is 24.8 Å². The lowest BCUT2D eigenvalue weighted by Gasteiger charge is -2.29. The summed E-state index contributed by atoms with van der Waals surface area (Å²) in [6, 6.07) is 7.84. The number of amides is 3. The van der Waals surface area contributed by atoms with Crippen molar-refractivity contribution in [1.82, 2.24) is 15.5 Å². The van der Waals surface area contributed by atoms with Crippen LogP contribution in [0, 0.1) is 0 Å². The van der Waals surface area contributed by atoms with Crippen LogP contribution in [-0.4, -0.2) is 72.8 Å². The van der Waals surface area contributed by atoms with E-state index < -0.39 is 18.1 Å². The molecule has 5 N–H and O–H groups in total. The molecule has 1 heterocycles. The number of aliphatic carboxylic acids is 1. The molecule has 32 heavy (non-hydrogen) atoms. The second kappa shape index (κ2) is 15.4. The summed E-state index contributed by atoms with van der Waals surface area (Å²) in [5.41, 5.74) is 6.45. The molecule has 1 aromatic rings. The van der Waals surface area contributed by atoms with Crippen LogP contribution in [0.2, 0.25) is 0 Å². The van der Waals surface area contributed by atoms with Gasteiger partial charge in [0.05, 0.1) is 13.2 Å². The number of morpholine rings is 1. The molecule has 0 bridgehead atoms. The van der Waals surface area contributed by atoms with Gasteiger partial charge in [0, 0.05) is 31.6 Å². The molecule has 1 aromatic carbocycles. The van der Waals surface area contributed by atoms with Gasteiger partial charge in [-0.25, -0.2) is 9.59 Å². The molecular weight excluding hydrogens is 480 g/mol. The van der Waals surface area contributed by atoms with E-state index in [1.807, 2.05) is 30.3 Å². The fourth-order valence-electron chi connectivity index (χ4n) is 3.27. The Hall–Kier alpha value is -2.43. The zero-order valence-corrected chi connectivity index (χ0v) is 19.8. The third kappa shape index (κ3) is 10.3. The van der Waals surface area contributed by atoms with Gasteiger partial charge in [-0.2, -0.15) is 0 Å². The van der Waals surface area contributed by atoms with E-state index in [4.69, 9.17) is 15.6 Å². The maximum atomic E-state index is 13.1. The van der Waals surface area contributed by atoms with Crippen molar-refractivity contribution >= 4 is 34.9 Å². The molecule has 0 aliphatic carbocycles. The molecule has 2 rings (SSSR count). The van der Waals surface area contributed by atoms with E-state index >= 15 is 0 Å². The minimum atomic E-state index is -1.08. The number of urea groups is 1. The number of hydrogen-bond donors (Lipinski definition) is 4. The van der Waals surface area contributed by atoms with Gasteiger partial charge in [-0.15, -0.1) is 17.0 Å². The molecule has 0 aromatic heterocycles. The zero-order chi connectivity index (χ0) is 22.5. The topological polar surface area (TPSA) is 134 Å². The van der Waals surface area contributed by atoms with Crippen molar-refractivity contribution in [3.63, 3.8) is 0 Å². The highest BCUT2D eigenvalue weighted by Gasteiger charge is 2.26. The predicted octanol–water partition coefficient (Wildman–Crippen LogP) is 1.47. The molecule has 3 amide bonds. The van der Waals surface area contributed by atoms with Crippen molar-refractivity contribution < 1.29 is 24.2 Å². The number of nitrogens with one attached hydrogen (secondary N) is 2. The van der Waals surface area contributed by atoms with Gasteiger partial charge in [0.25, 0.3) is 0 Å². The zero-order valence-electron chi connectivity index (χ0n) is 18.1. The van der Waals surface area contributed by atoms with Gasteiger partial charge >= 0.3 is 12.0 Å². The van der Waals surface area contributed by atoms with Crippen LogP contribution in [0.4, 0.5) is 4.79 Å². The molecule has 1 saturated heterocycles. The molecule has 0 saturated carbocycles. The Morgan fingerprint density at radius 2 is 1.81 bits per heavy atom. The van der Waals surface area contributed by atoms with E-state index in [0.29, 0.717) is 45.7 Å². The van der Waals surface area contributed by atoms with E-state index in [2.05, 4.69) is 10.6 Å². The fraction of sp³-hybridized carbons (Fsp3) is 0.500. The lowest BCUT2D eigenvalue weighted by atomic mass is 10.0. The van der Waals surface area contributed by atoms with Gasteiger partial charge in [-0.3, -0.25) is 4.79 Å². The SMILES string of the molecule is Br.NCCCCC(C=CC(=O)O)NC(=O)C(Cc1ccccc1)NC(=O)N1CCOCC1. The summed E-state index contributed by atoms with van der Waals surface area (Å²) in [6.07, 6.45) is 4.87. The number of carboxylic acids is 1. The van der Waals surface area contributed by atoms with Crippen LogP contribution in [0.3, 0.4) is 0 Å². The predicted molar refractivity (Wildman–Crippen MR) is 127 cm³/mol. The van der Waals surface area contributed by atoms with Crippen molar-refractivity contribution in [3.05, 3.63) is 48.0 Å². The van der Waals surface area contributed by atoms with E-state index in [1.54, 1.807) is 4.90 Å². The van der Waals surface area contributed by atoms with Crippen molar-refractivity contribution in [2.75, 3.05) is 32.8 Å². The number of benzene rings is 1. The van der Waals surface area contributed by atoms with Gasteiger partial charge < -0.3 is 31.1 Å². The molecular formula is C22H33BrN4O5. The Balaban J connectivity index is 0.00000512. The normalized spacial score (nSPS) is 15.5. The average molecular weight is 513 g/mol. The van der Waals surface area contributed by atoms with Crippen molar-refractivity contribution in [2.24, 2.45) is 5.73 Å². The Bertz CT molecular complexity index is 741. The van der Waals surface area contributed by atoms with E-state index in [1.165, 1.54) is 6.08 Å². The summed E-state index contributed by atoms with van der Waals surface area (Å²) < 4.78 is 5.28. The molecule has 178 valence electrons. The number of nitrogens with zero attached hydrogens (tertiary/aromatic N) is 1. The number of halogens is 1. The number of carbonyl (C=O) groups is 3. The molecule has 1 fully saturated rings. The van der Waals surface area contributed by atoms with E-state index in [9.17, 15) is 14.4 Å². The Morgan fingerprint density at radius 3 is 2.44 bits per heavy atom. The minimum Gasteiger partial charge on any atom is -0.478 e. The molecule has 2 unspecified atom stereocenters. The summed E-state index contributed by atoms with van der Waals surface area (Å²) in [6.45, 7) is 2.39. The van der Waals surface area contributed by atoms with Crippen molar-refractivity contribution in [1.29, 1.82) is 0 Å². The number of hydrogen-bond acceptors (Lipinski definition) is 5. The van der Waals surface area contributed by atoms with Gasteiger partial charge in [0.2, 0.25) is 5.91 Å². The molecule has 0 spiro atoms. The number of carbonyl (C=O) groups excluding carboxylic acids is 2. The number of ether oxygens (including phenoxy) is 1. The Kier molecular flexibility index (Phi) is 13.3. The number of carboxylic acid groups (broad SMARTS) is 1. The first kappa shape index (κ1) is 27.6. The van der Waals surface area contributed by atoms with Gasteiger partial charge in [0.15, 0.2) is 0 Å². The van der Waals surface area contributed by atoms with Crippen LogP contribution in [0.5, 0.6) is 0 Å². The standard InChI is InChI=1S/C22H32N4O5.BrH/c23-11-5-4-8-18(9-10-20(27)28)24-21(29)19(16-17-6-2-1-3-7-17)25-22(30)26-12-14-31-15-13-26;/h1-3,6-7,9-10,18-19H,4-5,8,11-16,23H2,(H,24,29)(H,25,30)(H,27,28);1H. The minimum absolute atomic E-state index is 0. The van der Waals surface area contributed by atoms with Gasteiger partial charge in [-0.1, -0.05) is 36.4 Å². The summed E-state index contributed by atoms with van der Waals surface area (Å²) in [5, 5.41) is 14.6. The second-order valence-electron chi connectivity index (χ2n) is 7.39. The first-order valence-electron chi connectivity index (χ1n) is 10.6. The van der Waals surface area contributed by atoms with Gasteiger partial charge in [0.1, 0.15) is 6.04 Å². The molecule has 1 aliphatic rings. The molecule has 0 radical (unpaired) electrons. The number of unbranched alkanes of at least 4 members (excludes halogenated alkanes) is 1. The maximum Gasteiger partial charge on any atom is 0.328 e. The highest BCUT2D eigenvalue weighted by molar-refractivity contribution is 8.93. The third-order valence-corrected chi connectivity index (χ3v) is 4.96. The smallest absolute Gasteiger partial charge is 0.328 e. The van der Waals surface area contributed by atoms with Gasteiger partial charge in [-0.05, 0) is 31.4 Å². The largest absolute Gasteiger partial charge is 0.478 e. The summed E-state index contributed by atoms with van der Waals surface area (Å²) in [4.78, 5) is 38.3. The summed E-state index contributed by atoms with van der Waals surface area (Å²) in [5.74, 6) is -1.45. The average Bonchev–Trinajstić information content (AvgIpc) is 2.78. The van der Waals surface area contributed by atoms with Crippen molar-refractivity contribution in [2.45, 2.75) is 37.8 Å². The Morgan fingerprint density at radius 1 is 1.12 bits per heavy atom. The second-order valence-corrected chi connectivity index (χ2v) is 7.39. The third-order valence-electron chi connectivity index (χ3n) is 4.96. The van der Waals surface area contributed by atoms with Crippen LogP contribution in [0.25, 0.3) is 0 Å². The summed E-state index contributed by atoms with van der Waals surface area (Å²) >= 11 is 0. The summed E-state index contributed by atoms with van der Waals surface area (Å²) in [7, 11) is 0. The maximum absolute atomic E-state index is 13.1. The highest BCUT2D eigenvalue weighted by Crippen LogP contribution is 2.08. The lowest BCUT2D eigenvalue weighted by Crippen LogP contribution is -2.55. The number of rotatable bonds is 11. The quantitative estimate of drug-likeness (QED) is 0.262. The molecule has 10 heteroatoms. The monoisotopic (exact) mass is 512 g/mol. The van der Waals surface area contributed by atoms with Crippen LogP contribution >= 0.6 is 17.0 Å². The first-order valence-corrected chi connectivity index (χ1v) is 10.6. The molecule has 2 atom stereocenters. The van der Waals surface area contributed by atoms with Crippen LogP contribution < -0.4 is 16.4 Å².